The predicted octanol–water partition coefficient (Wildman–Crippen LogP) is 3.35. The van der Waals surface area contributed by atoms with Crippen LogP contribution in [0.1, 0.15) is 12.0 Å². The normalized spacial score (nSPS) is 16.7. The number of hydrogen-bond donors (Lipinski definition) is 2. The van der Waals surface area contributed by atoms with Crippen molar-refractivity contribution in [2.24, 2.45) is 5.92 Å². The van der Waals surface area contributed by atoms with Gasteiger partial charge in [-0.25, -0.2) is 0 Å². The molecule has 0 radical (unpaired) electrons. The zero-order valence-electron chi connectivity index (χ0n) is 14.5. The summed E-state index contributed by atoms with van der Waals surface area (Å²) in [6.07, 6.45) is 0.0775. The van der Waals surface area contributed by atoms with E-state index in [-0.39, 0.29) is 30.5 Å². The molecule has 1 aliphatic rings. The van der Waals surface area contributed by atoms with Gasteiger partial charge in [0.15, 0.2) is 0 Å². The zero-order valence-corrected chi connectivity index (χ0v) is 15.2. The molecule has 2 N–H and O–H groups in total. The third-order valence-corrected chi connectivity index (χ3v) is 4.57. The third-order valence-electron chi connectivity index (χ3n) is 4.34. The number of phenolic OH excluding ortho intramolecular Hbond substituents is 1. The van der Waals surface area contributed by atoms with Crippen molar-refractivity contribution in [1.29, 1.82) is 0 Å². The fourth-order valence-corrected chi connectivity index (χ4v) is 3.14. The number of amides is 2. The maximum absolute atomic E-state index is 12.5. The number of methoxy groups -OCH3 is 1. The standard InChI is InChI=1S/C19H19ClN2O4/c1-11-3-5-14(16(23)7-11)21-19(25)12-8-18(24)22(10-12)15-9-13(20)4-6-17(15)26-2/h3-7,9,12,23H,8,10H2,1-2H3,(H,21,25). The summed E-state index contributed by atoms with van der Waals surface area (Å²) in [5.74, 6) is -0.525. The van der Waals surface area contributed by atoms with E-state index in [1.807, 2.05) is 6.92 Å². The van der Waals surface area contributed by atoms with Gasteiger partial charge in [0, 0.05) is 18.0 Å². The van der Waals surface area contributed by atoms with Crippen LogP contribution in [0.4, 0.5) is 11.4 Å². The summed E-state index contributed by atoms with van der Waals surface area (Å²) >= 11 is 6.04. The molecule has 0 aromatic heterocycles. The Morgan fingerprint density at radius 1 is 1.31 bits per heavy atom. The Morgan fingerprint density at radius 2 is 2.08 bits per heavy atom. The van der Waals surface area contributed by atoms with Gasteiger partial charge in [-0.1, -0.05) is 17.7 Å². The van der Waals surface area contributed by atoms with E-state index in [2.05, 4.69) is 5.32 Å². The lowest BCUT2D eigenvalue weighted by atomic mass is 10.1. The summed E-state index contributed by atoms with van der Waals surface area (Å²) in [7, 11) is 1.51. The Morgan fingerprint density at radius 3 is 2.77 bits per heavy atom. The monoisotopic (exact) mass is 374 g/mol. The Hall–Kier alpha value is -2.73. The van der Waals surface area contributed by atoms with Gasteiger partial charge in [-0.2, -0.15) is 0 Å². The number of hydrogen-bond acceptors (Lipinski definition) is 4. The molecule has 0 bridgehead atoms. The number of ether oxygens (including phenoxy) is 1. The highest BCUT2D eigenvalue weighted by atomic mass is 35.5. The van der Waals surface area contributed by atoms with E-state index >= 15 is 0 Å². The van der Waals surface area contributed by atoms with Gasteiger partial charge in [0.1, 0.15) is 11.5 Å². The topological polar surface area (TPSA) is 78.9 Å². The van der Waals surface area contributed by atoms with Crippen LogP contribution in [0.3, 0.4) is 0 Å². The average molecular weight is 375 g/mol. The summed E-state index contributed by atoms with van der Waals surface area (Å²) in [5.41, 5.74) is 1.75. The first-order valence-corrected chi connectivity index (χ1v) is 8.51. The van der Waals surface area contributed by atoms with Gasteiger partial charge in [-0.05, 0) is 42.8 Å². The van der Waals surface area contributed by atoms with Crippen LogP contribution in [0.5, 0.6) is 11.5 Å². The fourth-order valence-electron chi connectivity index (χ4n) is 2.97. The van der Waals surface area contributed by atoms with Gasteiger partial charge in [-0.3, -0.25) is 9.59 Å². The third kappa shape index (κ3) is 3.60. The number of phenols is 1. The molecule has 0 aliphatic carbocycles. The number of nitrogens with zero attached hydrogens (tertiary/aromatic N) is 1. The van der Waals surface area contributed by atoms with E-state index in [0.29, 0.717) is 22.1 Å². The Bertz CT molecular complexity index is 869. The highest BCUT2D eigenvalue weighted by Crippen LogP contribution is 2.35. The molecule has 26 heavy (non-hydrogen) atoms. The first-order chi connectivity index (χ1) is 12.4. The van der Waals surface area contributed by atoms with Crippen molar-refractivity contribution in [1.82, 2.24) is 0 Å². The van der Waals surface area contributed by atoms with Crippen LogP contribution >= 0.6 is 11.6 Å². The summed E-state index contributed by atoms with van der Waals surface area (Å²) in [6, 6.07) is 10.00. The smallest absolute Gasteiger partial charge is 0.229 e. The Kier molecular flexibility index (Phi) is 5.04. The van der Waals surface area contributed by atoms with E-state index < -0.39 is 5.92 Å². The predicted molar refractivity (Wildman–Crippen MR) is 99.9 cm³/mol. The van der Waals surface area contributed by atoms with Crippen molar-refractivity contribution in [3.8, 4) is 11.5 Å². The number of anilines is 2. The molecule has 2 amide bonds. The number of rotatable bonds is 4. The van der Waals surface area contributed by atoms with Crippen molar-refractivity contribution < 1.29 is 19.4 Å². The minimum atomic E-state index is -0.535. The number of carbonyl (C=O) groups excluding carboxylic acids is 2. The molecule has 7 heteroatoms. The molecule has 0 saturated carbocycles. The van der Waals surface area contributed by atoms with Crippen molar-refractivity contribution in [2.45, 2.75) is 13.3 Å². The molecule has 6 nitrogen and oxygen atoms in total. The molecule has 2 aromatic rings. The van der Waals surface area contributed by atoms with Crippen LogP contribution in [0.2, 0.25) is 5.02 Å². The van der Waals surface area contributed by atoms with Crippen LogP contribution < -0.4 is 15.0 Å². The van der Waals surface area contributed by atoms with E-state index in [1.54, 1.807) is 36.4 Å². The molecule has 2 aromatic carbocycles. The highest BCUT2D eigenvalue weighted by Gasteiger charge is 2.36. The number of benzene rings is 2. The second-order valence-electron chi connectivity index (χ2n) is 6.23. The van der Waals surface area contributed by atoms with Crippen LogP contribution in [-0.2, 0) is 9.59 Å². The second-order valence-corrected chi connectivity index (χ2v) is 6.67. The van der Waals surface area contributed by atoms with Crippen molar-refractivity contribution in [3.63, 3.8) is 0 Å². The van der Waals surface area contributed by atoms with Crippen molar-refractivity contribution >= 4 is 34.8 Å². The maximum atomic E-state index is 12.5. The van der Waals surface area contributed by atoms with Crippen molar-refractivity contribution in [2.75, 3.05) is 23.9 Å². The minimum Gasteiger partial charge on any atom is -0.506 e. The van der Waals surface area contributed by atoms with Gasteiger partial charge in [0.2, 0.25) is 11.8 Å². The lowest BCUT2D eigenvalue weighted by Crippen LogP contribution is -2.28. The van der Waals surface area contributed by atoms with Gasteiger partial charge in [-0.15, -0.1) is 0 Å². The largest absolute Gasteiger partial charge is 0.506 e. The SMILES string of the molecule is COc1ccc(Cl)cc1N1CC(C(=O)Nc2ccc(C)cc2O)CC1=O. The van der Waals surface area contributed by atoms with Gasteiger partial charge in [0.05, 0.1) is 24.4 Å². The van der Waals surface area contributed by atoms with Crippen molar-refractivity contribution in [3.05, 3.63) is 47.0 Å². The molecular weight excluding hydrogens is 356 g/mol. The molecule has 1 heterocycles. The Labute approximate surface area is 156 Å². The number of nitrogens with one attached hydrogen (secondary N) is 1. The summed E-state index contributed by atoms with van der Waals surface area (Å²) in [6.45, 7) is 2.06. The first-order valence-electron chi connectivity index (χ1n) is 8.13. The lowest BCUT2D eigenvalue weighted by molar-refractivity contribution is -0.122. The molecule has 136 valence electrons. The van der Waals surface area contributed by atoms with E-state index in [0.717, 1.165) is 5.56 Å². The molecule has 1 fully saturated rings. The summed E-state index contributed by atoms with van der Waals surface area (Å²) in [5, 5.41) is 13.1. The van der Waals surface area contributed by atoms with E-state index in [4.69, 9.17) is 16.3 Å². The van der Waals surface area contributed by atoms with E-state index in [1.165, 1.54) is 12.0 Å². The van der Waals surface area contributed by atoms with Gasteiger partial charge >= 0.3 is 0 Å². The molecule has 1 unspecified atom stereocenters. The molecule has 3 rings (SSSR count). The average Bonchev–Trinajstić information content (AvgIpc) is 2.99. The number of halogens is 1. The zero-order chi connectivity index (χ0) is 18.8. The number of carbonyl (C=O) groups is 2. The second kappa shape index (κ2) is 7.25. The molecule has 1 saturated heterocycles. The maximum Gasteiger partial charge on any atom is 0.229 e. The van der Waals surface area contributed by atoms with Crippen LogP contribution in [0, 0.1) is 12.8 Å². The van der Waals surface area contributed by atoms with Gasteiger partial charge in [0.25, 0.3) is 0 Å². The highest BCUT2D eigenvalue weighted by molar-refractivity contribution is 6.31. The summed E-state index contributed by atoms with van der Waals surface area (Å²) in [4.78, 5) is 26.5. The molecule has 1 aliphatic heterocycles. The number of aryl methyl sites for hydroxylation is 1. The van der Waals surface area contributed by atoms with Gasteiger partial charge < -0.3 is 20.1 Å². The van der Waals surface area contributed by atoms with Crippen LogP contribution in [-0.4, -0.2) is 30.6 Å². The first kappa shape index (κ1) is 18.1. The Balaban J connectivity index is 1.77. The minimum absolute atomic E-state index is 0.00367. The quantitative estimate of drug-likeness (QED) is 0.804. The fraction of sp³-hybridized carbons (Fsp3) is 0.263. The molecule has 0 spiro atoms. The van der Waals surface area contributed by atoms with Crippen LogP contribution in [0.15, 0.2) is 36.4 Å². The number of aromatic hydroxyl groups is 1. The lowest BCUT2D eigenvalue weighted by Gasteiger charge is -2.20. The summed E-state index contributed by atoms with van der Waals surface area (Å²) < 4.78 is 5.29. The molecular formula is C19H19ClN2O4. The van der Waals surface area contributed by atoms with E-state index in [9.17, 15) is 14.7 Å². The van der Waals surface area contributed by atoms with Crippen LogP contribution in [0.25, 0.3) is 0 Å². The molecule has 1 atom stereocenters.